The lowest BCUT2D eigenvalue weighted by atomic mass is 10.1. The van der Waals surface area contributed by atoms with Crippen molar-refractivity contribution in [1.82, 2.24) is 0 Å². The Hall–Kier alpha value is -0.920. The van der Waals surface area contributed by atoms with E-state index in [2.05, 4.69) is 27.8 Å². The molecular weight excluding hydrogens is 266 g/mol. The molecule has 0 saturated carbocycles. The van der Waals surface area contributed by atoms with Crippen LogP contribution in [0.4, 0.5) is 8.78 Å². The van der Waals surface area contributed by atoms with Gasteiger partial charge >= 0.3 is 0 Å². The van der Waals surface area contributed by atoms with Crippen molar-refractivity contribution in [2.75, 3.05) is 0 Å². The van der Waals surface area contributed by atoms with E-state index in [1.165, 1.54) is 6.07 Å². The van der Waals surface area contributed by atoms with Crippen LogP contribution in [0.3, 0.4) is 0 Å². The Morgan fingerprint density at radius 3 is 2.73 bits per heavy atom. The van der Waals surface area contributed by atoms with Crippen LogP contribution in [0.25, 0.3) is 0 Å². The number of hydrogen-bond donors (Lipinski definition) is 1. The van der Waals surface area contributed by atoms with E-state index in [4.69, 9.17) is 0 Å². The van der Waals surface area contributed by atoms with Gasteiger partial charge in [0.25, 0.3) is 0 Å². The van der Waals surface area contributed by atoms with Crippen molar-refractivity contribution < 1.29 is 13.9 Å². The topological polar surface area (TPSA) is 20.2 Å². The summed E-state index contributed by atoms with van der Waals surface area (Å²) in [5.41, 5.74) is 0.302. The number of aliphatic hydroxyl groups excluding tert-OH is 1. The van der Waals surface area contributed by atoms with Crippen LogP contribution in [0.1, 0.15) is 25.0 Å². The van der Waals surface area contributed by atoms with Gasteiger partial charge in [-0.15, -0.1) is 11.8 Å². The third-order valence-corrected chi connectivity index (χ3v) is 2.70. The maximum Gasteiger partial charge on any atom is 0.173 e. The van der Waals surface area contributed by atoms with Crippen molar-refractivity contribution in [2.24, 2.45) is 0 Å². The van der Waals surface area contributed by atoms with E-state index in [0.717, 1.165) is 6.07 Å². The van der Waals surface area contributed by atoms with Gasteiger partial charge in [0.2, 0.25) is 0 Å². The van der Waals surface area contributed by atoms with Crippen molar-refractivity contribution >= 4 is 15.9 Å². The van der Waals surface area contributed by atoms with Crippen LogP contribution in [-0.4, -0.2) is 5.11 Å². The Labute approximate surface area is 95.2 Å². The minimum absolute atomic E-state index is 0.0482. The third kappa shape index (κ3) is 2.77. The van der Waals surface area contributed by atoms with E-state index in [9.17, 15) is 13.9 Å². The van der Waals surface area contributed by atoms with Gasteiger partial charge in [-0.2, -0.15) is 0 Å². The Balaban J connectivity index is 3.03. The van der Waals surface area contributed by atoms with E-state index in [1.54, 1.807) is 6.92 Å². The van der Waals surface area contributed by atoms with Crippen LogP contribution in [-0.2, 0) is 0 Å². The summed E-state index contributed by atoms with van der Waals surface area (Å²) in [6.45, 7) is 1.65. The minimum Gasteiger partial charge on any atom is -0.387 e. The molecule has 0 bridgehead atoms. The van der Waals surface area contributed by atoms with Crippen LogP contribution in [0.15, 0.2) is 16.6 Å². The maximum atomic E-state index is 13.1. The summed E-state index contributed by atoms with van der Waals surface area (Å²) in [5.74, 6) is 3.36. The molecular formula is C11H9BrF2O. The molecule has 0 aromatic heterocycles. The maximum absolute atomic E-state index is 13.1. The molecule has 80 valence electrons. The van der Waals surface area contributed by atoms with E-state index >= 15 is 0 Å². The molecule has 1 nitrogen and oxygen atoms in total. The number of aliphatic hydroxyl groups is 1. The fourth-order valence-corrected chi connectivity index (χ4v) is 1.69. The minimum atomic E-state index is -0.990. The average molecular weight is 275 g/mol. The predicted octanol–water partition coefficient (Wildman–Crippen LogP) is 3.17. The highest BCUT2D eigenvalue weighted by Gasteiger charge is 2.16. The van der Waals surface area contributed by atoms with Gasteiger partial charge in [0, 0.05) is 6.42 Å². The summed E-state index contributed by atoms with van der Waals surface area (Å²) < 4.78 is 25.8. The van der Waals surface area contributed by atoms with Crippen molar-refractivity contribution in [3.8, 4) is 11.8 Å². The molecule has 0 aliphatic rings. The van der Waals surface area contributed by atoms with Crippen LogP contribution >= 0.6 is 15.9 Å². The number of rotatable bonds is 2. The van der Waals surface area contributed by atoms with Crippen LogP contribution in [0, 0.1) is 23.5 Å². The first kappa shape index (κ1) is 12.2. The third-order valence-electron chi connectivity index (χ3n) is 1.90. The largest absolute Gasteiger partial charge is 0.387 e. The Morgan fingerprint density at radius 2 is 2.13 bits per heavy atom. The van der Waals surface area contributed by atoms with Gasteiger partial charge < -0.3 is 5.11 Å². The summed E-state index contributed by atoms with van der Waals surface area (Å²) in [4.78, 5) is 0. The summed E-state index contributed by atoms with van der Waals surface area (Å²) in [6, 6.07) is 2.32. The fraction of sp³-hybridized carbons (Fsp3) is 0.273. The first-order chi connectivity index (χ1) is 7.07. The Bertz CT molecular complexity index is 421. The quantitative estimate of drug-likeness (QED) is 0.649. The van der Waals surface area contributed by atoms with Gasteiger partial charge in [0.05, 0.1) is 10.6 Å². The van der Waals surface area contributed by atoms with Crippen molar-refractivity contribution in [1.29, 1.82) is 0 Å². The van der Waals surface area contributed by atoms with E-state index < -0.39 is 17.7 Å². The molecule has 4 heteroatoms. The van der Waals surface area contributed by atoms with Gasteiger partial charge in [-0.25, -0.2) is 8.78 Å². The molecule has 1 aromatic rings. The highest BCUT2D eigenvalue weighted by atomic mass is 79.9. The standard InChI is InChI=1S/C11H9BrF2O/c1-2-3-4-9(15)7-5-6-8(13)11(14)10(7)12/h5-6,9,15H,4H2,1H3. The van der Waals surface area contributed by atoms with Crippen molar-refractivity contribution in [3.05, 3.63) is 33.8 Å². The molecule has 1 unspecified atom stereocenters. The van der Waals surface area contributed by atoms with Crippen molar-refractivity contribution in [2.45, 2.75) is 19.4 Å². The molecule has 0 heterocycles. The summed E-state index contributed by atoms with van der Waals surface area (Å²) >= 11 is 2.90. The monoisotopic (exact) mass is 274 g/mol. The van der Waals surface area contributed by atoms with Crippen LogP contribution in [0.2, 0.25) is 0 Å². The number of hydrogen-bond acceptors (Lipinski definition) is 1. The molecule has 0 saturated heterocycles. The lowest BCUT2D eigenvalue weighted by molar-refractivity contribution is 0.182. The molecule has 0 fully saturated rings. The lowest BCUT2D eigenvalue weighted by Gasteiger charge is -2.10. The fourth-order valence-electron chi connectivity index (χ4n) is 1.11. The zero-order valence-electron chi connectivity index (χ0n) is 8.02. The normalized spacial score (nSPS) is 11.8. The first-order valence-corrected chi connectivity index (χ1v) is 5.08. The molecule has 0 aliphatic carbocycles. The van der Waals surface area contributed by atoms with Gasteiger partial charge in [-0.05, 0) is 34.5 Å². The van der Waals surface area contributed by atoms with Gasteiger partial charge in [0.1, 0.15) is 0 Å². The van der Waals surface area contributed by atoms with Gasteiger partial charge in [-0.3, -0.25) is 0 Å². The van der Waals surface area contributed by atoms with E-state index in [0.29, 0.717) is 5.56 Å². The second-order valence-electron chi connectivity index (χ2n) is 2.91. The van der Waals surface area contributed by atoms with E-state index in [1.807, 2.05) is 0 Å². The molecule has 0 amide bonds. The number of benzene rings is 1. The van der Waals surface area contributed by atoms with Crippen molar-refractivity contribution in [3.63, 3.8) is 0 Å². The van der Waals surface area contributed by atoms with E-state index in [-0.39, 0.29) is 10.9 Å². The molecule has 0 radical (unpaired) electrons. The Morgan fingerprint density at radius 1 is 1.47 bits per heavy atom. The summed E-state index contributed by atoms with van der Waals surface area (Å²) in [5, 5.41) is 9.63. The van der Waals surface area contributed by atoms with Crippen LogP contribution < -0.4 is 0 Å². The molecule has 0 aliphatic heterocycles. The predicted molar refractivity (Wildman–Crippen MR) is 57.1 cm³/mol. The second-order valence-corrected chi connectivity index (χ2v) is 3.70. The zero-order valence-corrected chi connectivity index (χ0v) is 9.61. The highest BCUT2D eigenvalue weighted by Crippen LogP contribution is 2.29. The molecule has 1 N–H and O–H groups in total. The van der Waals surface area contributed by atoms with Gasteiger partial charge in [0.15, 0.2) is 11.6 Å². The Kier molecular flexibility index (Phi) is 4.25. The summed E-state index contributed by atoms with van der Waals surface area (Å²) in [7, 11) is 0. The lowest BCUT2D eigenvalue weighted by Crippen LogP contribution is -2.00. The molecule has 15 heavy (non-hydrogen) atoms. The van der Waals surface area contributed by atoms with Gasteiger partial charge in [-0.1, -0.05) is 6.07 Å². The molecule has 1 atom stereocenters. The SMILES string of the molecule is CC#CCC(O)c1ccc(F)c(F)c1Br. The highest BCUT2D eigenvalue weighted by molar-refractivity contribution is 9.10. The molecule has 1 aromatic carbocycles. The molecule has 0 spiro atoms. The first-order valence-electron chi connectivity index (χ1n) is 4.29. The zero-order chi connectivity index (χ0) is 11.4. The number of halogens is 3. The molecule has 1 rings (SSSR count). The average Bonchev–Trinajstić information content (AvgIpc) is 2.23. The smallest absolute Gasteiger partial charge is 0.173 e. The second kappa shape index (κ2) is 5.24. The summed E-state index contributed by atoms with van der Waals surface area (Å²) in [6.07, 6.45) is -0.720. The van der Waals surface area contributed by atoms with Crippen LogP contribution in [0.5, 0.6) is 0 Å².